The minimum absolute atomic E-state index is 0.0717. The second kappa shape index (κ2) is 17.9. The van der Waals surface area contributed by atoms with Crippen molar-refractivity contribution in [2.75, 3.05) is 58.4 Å². The molecule has 0 bridgehead atoms. The first kappa shape index (κ1) is 43.8. The first-order valence-electron chi connectivity index (χ1n) is 18.7. The maximum absolute atomic E-state index is 12.9. The molecule has 14 nitrogen and oxygen atoms in total. The molecule has 2 aromatic heterocycles. The summed E-state index contributed by atoms with van der Waals surface area (Å²) in [5.74, 6) is 2.02. The Balaban J connectivity index is 1.68. The van der Waals surface area contributed by atoms with Crippen molar-refractivity contribution in [3.05, 3.63) is 40.2 Å². The third-order valence-electron chi connectivity index (χ3n) is 9.72. The van der Waals surface area contributed by atoms with E-state index in [-0.39, 0.29) is 36.9 Å². The van der Waals surface area contributed by atoms with Crippen LogP contribution in [0.4, 0.5) is 15.4 Å². The van der Waals surface area contributed by atoms with Crippen molar-refractivity contribution in [3.8, 4) is 28.4 Å². The van der Waals surface area contributed by atoms with Gasteiger partial charge in [0.25, 0.3) is 0 Å². The lowest BCUT2D eigenvalue weighted by molar-refractivity contribution is -0.00379. The zero-order valence-corrected chi connectivity index (χ0v) is 36.5. The Labute approximate surface area is 331 Å². The summed E-state index contributed by atoms with van der Waals surface area (Å²) >= 11 is 6.86. The van der Waals surface area contributed by atoms with Gasteiger partial charge in [-0.3, -0.25) is 4.90 Å². The number of aromatic nitrogens is 3. The highest BCUT2D eigenvalue weighted by atomic mass is 35.5. The maximum atomic E-state index is 12.9. The molecule has 2 atom stereocenters. The number of morpholine rings is 1. The SMILES string of the molecule is CCOC(=O)N1CCOC[C@H]1CNc1nc(-c2cc(OC[C@@H](CN(C)C(=O)OC(C)(C)C)O[Si](C)(C)C(C)(C)C)ccc2Cl)nc(-c2c(C)noc2C)c1C. The van der Waals surface area contributed by atoms with Crippen LogP contribution in [0.5, 0.6) is 5.75 Å². The van der Waals surface area contributed by atoms with Crippen molar-refractivity contribution in [1.29, 1.82) is 0 Å². The summed E-state index contributed by atoms with van der Waals surface area (Å²) in [6, 6.07) is 5.03. The van der Waals surface area contributed by atoms with Gasteiger partial charge in [0, 0.05) is 31.3 Å². The average molecular weight is 803 g/mol. The molecule has 1 N–H and O–H groups in total. The number of halogens is 1. The fraction of sp³-hybridized carbons (Fsp3) is 0.615. The number of aryl methyl sites for hydroxylation is 2. The Bertz CT molecular complexity index is 1790. The lowest BCUT2D eigenvalue weighted by Gasteiger charge is -2.40. The van der Waals surface area contributed by atoms with Gasteiger partial charge >= 0.3 is 12.2 Å². The average Bonchev–Trinajstić information content (AvgIpc) is 3.43. The van der Waals surface area contributed by atoms with Gasteiger partial charge in [-0.1, -0.05) is 37.5 Å². The molecule has 0 spiro atoms. The van der Waals surface area contributed by atoms with Gasteiger partial charge in [-0.25, -0.2) is 19.6 Å². The summed E-state index contributed by atoms with van der Waals surface area (Å²) < 4.78 is 35.4. The Hall–Kier alpha value is -3.92. The van der Waals surface area contributed by atoms with Crippen molar-refractivity contribution >= 4 is 37.9 Å². The number of hydrogen-bond donors (Lipinski definition) is 1. The highest BCUT2D eigenvalue weighted by Gasteiger charge is 2.40. The van der Waals surface area contributed by atoms with E-state index in [4.69, 9.17) is 49.5 Å². The molecule has 0 aliphatic carbocycles. The van der Waals surface area contributed by atoms with E-state index in [9.17, 15) is 9.59 Å². The number of nitrogens with zero attached hydrogens (tertiary/aromatic N) is 5. The largest absolute Gasteiger partial charge is 0.491 e. The topological polar surface area (TPSA) is 151 Å². The highest BCUT2D eigenvalue weighted by molar-refractivity contribution is 6.74. The van der Waals surface area contributed by atoms with Crippen LogP contribution < -0.4 is 10.1 Å². The van der Waals surface area contributed by atoms with Gasteiger partial charge in [-0.05, 0) is 84.8 Å². The van der Waals surface area contributed by atoms with Crippen LogP contribution in [0.1, 0.15) is 65.5 Å². The summed E-state index contributed by atoms with van der Waals surface area (Å²) in [6.45, 7) is 26.0. The standard InChI is InChI=1S/C39H59ClN6O8Si/c1-14-50-37(48)46-17-18-49-22-27(46)20-41-34-24(2)33(32-25(3)44-53-26(32)4)42-35(43-34)30-19-28(15-16-31(30)40)51-23-29(54-55(12,13)39(8,9)10)21-45(11)36(47)52-38(5,6)7/h15-16,19,27,29H,14,17-18,20-23H2,1-13H3,(H,41,42,43)/t27-,29-/m1/s1. The molecule has 3 heterocycles. The molecule has 1 aromatic carbocycles. The van der Waals surface area contributed by atoms with Crippen molar-refractivity contribution < 1.29 is 37.5 Å². The third kappa shape index (κ3) is 11.3. The minimum Gasteiger partial charge on any atom is -0.491 e. The van der Waals surface area contributed by atoms with E-state index in [1.807, 2.05) is 41.5 Å². The molecule has 2 amide bonds. The predicted octanol–water partition coefficient (Wildman–Crippen LogP) is 8.28. The summed E-state index contributed by atoms with van der Waals surface area (Å²) in [5, 5.41) is 7.97. The Morgan fingerprint density at radius 3 is 2.45 bits per heavy atom. The van der Waals surface area contributed by atoms with Crippen LogP contribution in [0, 0.1) is 20.8 Å². The summed E-state index contributed by atoms with van der Waals surface area (Å²) in [6.07, 6.45) is -1.27. The first-order chi connectivity index (χ1) is 25.6. The van der Waals surface area contributed by atoms with Crippen LogP contribution in [0.15, 0.2) is 22.7 Å². The molecule has 3 aromatic rings. The molecule has 1 fully saturated rings. The lowest BCUT2D eigenvalue weighted by Crippen LogP contribution is -2.52. The van der Waals surface area contributed by atoms with E-state index in [0.717, 1.165) is 11.1 Å². The number of benzene rings is 1. The van der Waals surface area contributed by atoms with E-state index in [2.05, 4.69) is 44.3 Å². The second-order valence-corrected chi connectivity index (χ2v) is 21.5. The van der Waals surface area contributed by atoms with Gasteiger partial charge in [0.1, 0.15) is 29.5 Å². The molecule has 1 saturated heterocycles. The number of nitrogens with one attached hydrogen (secondary N) is 1. The van der Waals surface area contributed by atoms with Gasteiger partial charge in [0.2, 0.25) is 0 Å². The molecule has 16 heteroatoms. The fourth-order valence-corrected chi connectivity index (χ4v) is 7.28. The van der Waals surface area contributed by atoms with E-state index in [1.165, 1.54) is 4.90 Å². The zero-order chi connectivity index (χ0) is 40.9. The molecule has 0 unspecified atom stereocenters. The van der Waals surface area contributed by atoms with Crippen molar-refractivity contribution in [3.63, 3.8) is 0 Å². The van der Waals surface area contributed by atoms with Gasteiger partial charge in [-0.15, -0.1) is 0 Å². The fourth-order valence-electron chi connectivity index (χ4n) is 5.75. The number of likely N-dealkylation sites (N-methyl/N-ethyl adjacent to an activating group) is 1. The molecule has 1 aliphatic heterocycles. The highest BCUT2D eigenvalue weighted by Crippen LogP contribution is 2.39. The zero-order valence-electron chi connectivity index (χ0n) is 34.7. The normalized spacial score (nSPS) is 15.7. The number of rotatable bonds is 13. The van der Waals surface area contributed by atoms with Gasteiger partial charge < -0.3 is 38.1 Å². The van der Waals surface area contributed by atoms with Crippen LogP contribution in [-0.2, 0) is 18.6 Å². The van der Waals surface area contributed by atoms with Crippen molar-refractivity contribution in [2.24, 2.45) is 0 Å². The monoisotopic (exact) mass is 802 g/mol. The number of carbonyl (C=O) groups is 2. The molecule has 304 valence electrons. The molecular formula is C39H59ClN6O8Si. The van der Waals surface area contributed by atoms with Gasteiger partial charge in [0.15, 0.2) is 14.1 Å². The van der Waals surface area contributed by atoms with E-state index < -0.39 is 26.1 Å². The number of anilines is 1. The minimum atomic E-state index is -2.27. The van der Waals surface area contributed by atoms with Crippen LogP contribution in [0.2, 0.25) is 23.2 Å². The maximum Gasteiger partial charge on any atom is 0.410 e. The first-order valence-corrected chi connectivity index (χ1v) is 22.0. The number of amides is 2. The smallest absolute Gasteiger partial charge is 0.410 e. The second-order valence-electron chi connectivity index (χ2n) is 16.4. The molecular weight excluding hydrogens is 744 g/mol. The van der Waals surface area contributed by atoms with Crippen LogP contribution in [0.25, 0.3) is 22.6 Å². The Morgan fingerprint density at radius 2 is 1.84 bits per heavy atom. The number of carbonyl (C=O) groups excluding carboxylic acids is 2. The van der Waals surface area contributed by atoms with Crippen LogP contribution in [0.3, 0.4) is 0 Å². The third-order valence-corrected chi connectivity index (χ3v) is 14.6. The summed E-state index contributed by atoms with van der Waals surface area (Å²) in [7, 11) is -0.575. The van der Waals surface area contributed by atoms with Gasteiger partial charge in [0.05, 0.1) is 60.5 Å². The Kier molecular flexibility index (Phi) is 14.3. The van der Waals surface area contributed by atoms with Crippen molar-refractivity contribution in [1.82, 2.24) is 24.9 Å². The lowest BCUT2D eigenvalue weighted by atomic mass is 10.0. The van der Waals surface area contributed by atoms with E-state index in [0.29, 0.717) is 71.4 Å². The number of hydrogen-bond acceptors (Lipinski definition) is 12. The van der Waals surface area contributed by atoms with E-state index in [1.54, 1.807) is 37.1 Å². The molecule has 1 aliphatic rings. The van der Waals surface area contributed by atoms with Gasteiger partial charge in [-0.2, -0.15) is 0 Å². The van der Waals surface area contributed by atoms with Crippen LogP contribution >= 0.6 is 11.6 Å². The molecule has 0 radical (unpaired) electrons. The molecule has 55 heavy (non-hydrogen) atoms. The predicted molar refractivity (Wildman–Crippen MR) is 215 cm³/mol. The van der Waals surface area contributed by atoms with Crippen LogP contribution in [-0.4, -0.2) is 116 Å². The molecule has 4 rings (SSSR count). The van der Waals surface area contributed by atoms with Crippen molar-refractivity contribution in [2.45, 2.75) is 105 Å². The summed E-state index contributed by atoms with van der Waals surface area (Å²) in [4.78, 5) is 38.8. The van der Waals surface area contributed by atoms with E-state index >= 15 is 0 Å². The summed E-state index contributed by atoms with van der Waals surface area (Å²) in [5.41, 5.74) is 2.72. The quantitative estimate of drug-likeness (QED) is 0.166. The Morgan fingerprint density at radius 1 is 1.13 bits per heavy atom. The molecule has 0 saturated carbocycles. The number of ether oxygens (including phenoxy) is 4.